The van der Waals surface area contributed by atoms with Gasteiger partial charge >= 0.3 is 0 Å². The van der Waals surface area contributed by atoms with Crippen molar-refractivity contribution >= 4 is 21.8 Å². The minimum Gasteiger partial charge on any atom is -0.467 e. The SMILES string of the molecule is CC[C@H](C(=O)NC(C)(C)CC)N(Cc1ccco1)C(=O)CNS(=O)(=O)c1ccc(C)cc1. The fourth-order valence-corrected chi connectivity index (χ4v) is 4.03. The fraction of sp³-hybridized carbons (Fsp3) is 0.478. The molecule has 0 spiro atoms. The van der Waals surface area contributed by atoms with Gasteiger partial charge in [0.25, 0.3) is 0 Å². The van der Waals surface area contributed by atoms with Crippen molar-refractivity contribution in [2.24, 2.45) is 0 Å². The summed E-state index contributed by atoms with van der Waals surface area (Å²) in [5, 5.41) is 2.97. The number of amides is 2. The predicted octanol–water partition coefficient (Wildman–Crippen LogP) is 2.98. The Bertz CT molecular complexity index is 999. The van der Waals surface area contributed by atoms with Crippen LogP contribution in [0.4, 0.5) is 0 Å². The highest BCUT2D eigenvalue weighted by Crippen LogP contribution is 2.16. The van der Waals surface area contributed by atoms with Crippen LogP contribution in [0.15, 0.2) is 52.0 Å². The first-order chi connectivity index (χ1) is 15.0. The van der Waals surface area contributed by atoms with Gasteiger partial charge in [0, 0.05) is 5.54 Å². The molecule has 2 rings (SSSR count). The summed E-state index contributed by atoms with van der Waals surface area (Å²) in [6.45, 7) is 9.02. The molecule has 9 heteroatoms. The number of carbonyl (C=O) groups excluding carboxylic acids is 2. The van der Waals surface area contributed by atoms with Gasteiger partial charge in [-0.05, 0) is 57.9 Å². The van der Waals surface area contributed by atoms with Crippen LogP contribution in [0.5, 0.6) is 0 Å². The quantitative estimate of drug-likeness (QED) is 0.533. The maximum absolute atomic E-state index is 13.1. The van der Waals surface area contributed by atoms with Crippen molar-refractivity contribution in [2.45, 2.75) is 70.5 Å². The lowest BCUT2D eigenvalue weighted by atomic mass is 10.0. The maximum atomic E-state index is 13.1. The maximum Gasteiger partial charge on any atom is 0.243 e. The van der Waals surface area contributed by atoms with Crippen molar-refractivity contribution in [3.63, 3.8) is 0 Å². The van der Waals surface area contributed by atoms with Crippen LogP contribution in [0.25, 0.3) is 0 Å². The molecule has 0 aliphatic rings. The van der Waals surface area contributed by atoms with E-state index in [1.807, 2.05) is 34.6 Å². The van der Waals surface area contributed by atoms with Gasteiger partial charge in [-0.2, -0.15) is 0 Å². The Morgan fingerprint density at radius 2 is 1.78 bits per heavy atom. The van der Waals surface area contributed by atoms with Crippen molar-refractivity contribution in [2.75, 3.05) is 6.54 Å². The van der Waals surface area contributed by atoms with E-state index in [4.69, 9.17) is 4.42 Å². The molecule has 1 atom stereocenters. The molecule has 0 unspecified atom stereocenters. The van der Waals surface area contributed by atoms with Crippen molar-refractivity contribution in [3.05, 3.63) is 54.0 Å². The highest BCUT2D eigenvalue weighted by molar-refractivity contribution is 7.89. The van der Waals surface area contributed by atoms with E-state index in [2.05, 4.69) is 10.0 Å². The van der Waals surface area contributed by atoms with Gasteiger partial charge in [0.2, 0.25) is 21.8 Å². The molecule has 2 N–H and O–H groups in total. The lowest BCUT2D eigenvalue weighted by Crippen LogP contribution is -2.55. The second-order valence-corrected chi connectivity index (χ2v) is 10.2. The second-order valence-electron chi connectivity index (χ2n) is 8.39. The summed E-state index contributed by atoms with van der Waals surface area (Å²) in [5.41, 5.74) is 0.494. The fourth-order valence-electron chi connectivity index (χ4n) is 3.05. The number of hydrogen-bond donors (Lipinski definition) is 2. The zero-order valence-electron chi connectivity index (χ0n) is 19.3. The third kappa shape index (κ3) is 6.93. The smallest absolute Gasteiger partial charge is 0.243 e. The van der Waals surface area contributed by atoms with E-state index in [1.54, 1.807) is 24.3 Å². The largest absolute Gasteiger partial charge is 0.467 e. The molecular weight excluding hydrogens is 430 g/mol. The number of aryl methyl sites for hydroxylation is 1. The Balaban J connectivity index is 2.21. The van der Waals surface area contributed by atoms with Crippen LogP contribution in [-0.4, -0.2) is 43.3 Å². The monoisotopic (exact) mass is 463 g/mol. The molecule has 8 nitrogen and oxygen atoms in total. The third-order valence-corrected chi connectivity index (χ3v) is 6.80. The average molecular weight is 464 g/mol. The highest BCUT2D eigenvalue weighted by atomic mass is 32.2. The van der Waals surface area contributed by atoms with E-state index in [0.717, 1.165) is 12.0 Å². The minimum atomic E-state index is -3.87. The normalized spacial score (nSPS) is 12.9. The van der Waals surface area contributed by atoms with Gasteiger partial charge in [-0.1, -0.05) is 31.5 Å². The molecule has 0 bridgehead atoms. The molecule has 2 aromatic rings. The number of carbonyl (C=O) groups is 2. The lowest BCUT2D eigenvalue weighted by molar-refractivity contribution is -0.141. The van der Waals surface area contributed by atoms with E-state index in [0.29, 0.717) is 12.2 Å². The van der Waals surface area contributed by atoms with Crippen molar-refractivity contribution < 1.29 is 22.4 Å². The van der Waals surface area contributed by atoms with Crippen LogP contribution in [0.2, 0.25) is 0 Å². The van der Waals surface area contributed by atoms with E-state index in [9.17, 15) is 18.0 Å². The van der Waals surface area contributed by atoms with Crippen LogP contribution in [0.3, 0.4) is 0 Å². The first-order valence-corrected chi connectivity index (χ1v) is 12.2. The summed E-state index contributed by atoms with van der Waals surface area (Å²) < 4.78 is 32.9. The summed E-state index contributed by atoms with van der Waals surface area (Å²) in [6, 6.07) is 8.97. The number of sulfonamides is 1. The molecule has 1 heterocycles. The predicted molar refractivity (Wildman–Crippen MR) is 122 cm³/mol. The highest BCUT2D eigenvalue weighted by Gasteiger charge is 2.32. The van der Waals surface area contributed by atoms with Crippen molar-refractivity contribution in [1.29, 1.82) is 0 Å². The first kappa shape index (κ1) is 25.6. The van der Waals surface area contributed by atoms with E-state index in [1.165, 1.54) is 23.3 Å². The van der Waals surface area contributed by atoms with Gasteiger partial charge < -0.3 is 14.6 Å². The van der Waals surface area contributed by atoms with E-state index in [-0.39, 0.29) is 17.3 Å². The topological polar surface area (TPSA) is 109 Å². The molecule has 1 aromatic heterocycles. The summed E-state index contributed by atoms with van der Waals surface area (Å²) in [5.74, 6) is -0.310. The molecule has 2 amide bonds. The molecule has 0 saturated carbocycles. The van der Waals surface area contributed by atoms with Gasteiger partial charge in [-0.3, -0.25) is 9.59 Å². The first-order valence-electron chi connectivity index (χ1n) is 10.7. The molecule has 32 heavy (non-hydrogen) atoms. The molecule has 0 fully saturated rings. The molecule has 0 aliphatic heterocycles. The van der Waals surface area contributed by atoms with Gasteiger partial charge in [0.15, 0.2) is 0 Å². The number of hydrogen-bond acceptors (Lipinski definition) is 5. The van der Waals surface area contributed by atoms with Crippen LogP contribution in [-0.2, 0) is 26.2 Å². The third-order valence-electron chi connectivity index (χ3n) is 5.38. The molecule has 1 aromatic carbocycles. The molecule has 176 valence electrons. The Morgan fingerprint density at radius 3 is 2.31 bits per heavy atom. The van der Waals surface area contributed by atoms with Crippen molar-refractivity contribution in [1.82, 2.24) is 14.9 Å². The molecule has 0 radical (unpaired) electrons. The number of nitrogens with zero attached hydrogens (tertiary/aromatic N) is 1. The zero-order valence-corrected chi connectivity index (χ0v) is 20.2. The van der Waals surface area contributed by atoms with Gasteiger partial charge in [0.1, 0.15) is 11.8 Å². The molecule has 0 saturated heterocycles. The number of rotatable bonds is 11. The van der Waals surface area contributed by atoms with E-state index >= 15 is 0 Å². The standard InChI is InChI=1S/C23H33N3O5S/c1-6-20(22(28)25-23(4,5)7-2)26(16-18-9-8-14-31-18)21(27)15-24-32(29,30)19-12-10-17(3)11-13-19/h8-14,20,24H,6-7,15-16H2,1-5H3,(H,25,28)/t20-/m1/s1. The number of furan rings is 1. The summed E-state index contributed by atoms with van der Waals surface area (Å²) >= 11 is 0. The second kappa shape index (κ2) is 10.8. The molecular formula is C23H33N3O5S. The van der Waals surface area contributed by atoms with Crippen LogP contribution < -0.4 is 10.0 Å². The Hall–Kier alpha value is -2.65. The Kier molecular flexibility index (Phi) is 8.63. The minimum absolute atomic E-state index is 0.0522. The zero-order chi connectivity index (χ0) is 23.9. The van der Waals surface area contributed by atoms with E-state index < -0.39 is 34.1 Å². The Labute approximate surface area is 190 Å². The van der Waals surface area contributed by atoms with Gasteiger partial charge in [-0.25, -0.2) is 13.1 Å². The van der Waals surface area contributed by atoms with Gasteiger partial charge in [0.05, 0.1) is 24.2 Å². The summed E-state index contributed by atoms with van der Waals surface area (Å²) in [4.78, 5) is 27.6. The number of benzene rings is 1. The lowest BCUT2D eigenvalue weighted by Gasteiger charge is -2.33. The average Bonchev–Trinajstić information content (AvgIpc) is 3.25. The summed E-state index contributed by atoms with van der Waals surface area (Å²) in [6.07, 6.45) is 2.57. The summed E-state index contributed by atoms with van der Waals surface area (Å²) in [7, 11) is -3.87. The molecule has 0 aliphatic carbocycles. The number of nitrogens with one attached hydrogen (secondary N) is 2. The van der Waals surface area contributed by atoms with Crippen LogP contribution in [0, 0.1) is 6.92 Å². The van der Waals surface area contributed by atoms with Crippen LogP contribution >= 0.6 is 0 Å². The Morgan fingerprint density at radius 1 is 1.12 bits per heavy atom. The van der Waals surface area contributed by atoms with Crippen molar-refractivity contribution in [3.8, 4) is 0 Å². The van der Waals surface area contributed by atoms with Gasteiger partial charge in [-0.15, -0.1) is 0 Å². The van der Waals surface area contributed by atoms with Crippen LogP contribution in [0.1, 0.15) is 51.9 Å².